The molecule has 0 saturated heterocycles. The van der Waals surface area contributed by atoms with E-state index < -0.39 is 0 Å². The van der Waals surface area contributed by atoms with Crippen molar-refractivity contribution in [2.45, 2.75) is 38.7 Å². The predicted octanol–water partition coefficient (Wildman–Crippen LogP) is 4.01. The molecule has 1 unspecified atom stereocenters. The Labute approximate surface area is 122 Å². The number of fused-ring (bicyclic) bond motifs is 1. The molecule has 0 N–H and O–H groups in total. The summed E-state index contributed by atoms with van der Waals surface area (Å²) in [5.74, 6) is 0.811. The van der Waals surface area contributed by atoms with Crippen molar-refractivity contribution in [2.24, 2.45) is 11.3 Å². The van der Waals surface area contributed by atoms with Crippen LogP contribution >= 0.6 is 15.9 Å². The maximum absolute atomic E-state index is 12.8. The van der Waals surface area contributed by atoms with Crippen LogP contribution in [0.5, 0.6) is 0 Å². The third-order valence-electron chi connectivity index (χ3n) is 4.88. The minimum Gasteiger partial charge on any atom is -0.381 e. The molecule has 102 valence electrons. The van der Waals surface area contributed by atoms with E-state index >= 15 is 0 Å². The SMILES string of the molecule is CO[C@H]1CCC2(Cc3ccc(Br)cc3C2=O)C[C@@H]1C. The lowest BCUT2D eigenvalue weighted by molar-refractivity contribution is -0.00679. The van der Waals surface area contributed by atoms with Gasteiger partial charge in [-0.3, -0.25) is 4.79 Å². The number of benzene rings is 1. The average molecular weight is 323 g/mol. The van der Waals surface area contributed by atoms with E-state index in [1.54, 1.807) is 7.11 Å². The van der Waals surface area contributed by atoms with E-state index in [0.717, 1.165) is 35.7 Å². The first-order valence-electron chi connectivity index (χ1n) is 6.92. The van der Waals surface area contributed by atoms with E-state index in [1.165, 1.54) is 5.56 Å². The fourth-order valence-corrected chi connectivity index (χ4v) is 4.28. The number of carbonyl (C=O) groups is 1. The van der Waals surface area contributed by atoms with Crippen molar-refractivity contribution in [3.05, 3.63) is 33.8 Å². The molecular weight excluding hydrogens is 304 g/mol. The summed E-state index contributed by atoms with van der Waals surface area (Å²) >= 11 is 3.47. The summed E-state index contributed by atoms with van der Waals surface area (Å²) < 4.78 is 6.51. The molecule has 0 bridgehead atoms. The molecule has 0 amide bonds. The lowest BCUT2D eigenvalue weighted by atomic mass is 9.66. The van der Waals surface area contributed by atoms with Gasteiger partial charge >= 0.3 is 0 Å². The van der Waals surface area contributed by atoms with E-state index in [9.17, 15) is 4.79 Å². The summed E-state index contributed by atoms with van der Waals surface area (Å²) in [6, 6.07) is 6.12. The Morgan fingerprint density at radius 3 is 2.89 bits per heavy atom. The number of rotatable bonds is 1. The van der Waals surface area contributed by atoms with Crippen molar-refractivity contribution >= 4 is 21.7 Å². The summed E-state index contributed by atoms with van der Waals surface area (Å²) in [5.41, 5.74) is 1.99. The van der Waals surface area contributed by atoms with Gasteiger partial charge in [-0.05, 0) is 49.3 Å². The van der Waals surface area contributed by atoms with Crippen LogP contribution in [0.1, 0.15) is 42.1 Å². The Morgan fingerprint density at radius 1 is 1.42 bits per heavy atom. The van der Waals surface area contributed by atoms with Gasteiger partial charge in [0.1, 0.15) is 0 Å². The standard InChI is InChI=1S/C16H19BrO2/c1-10-8-16(6-5-14(10)19-2)9-11-3-4-12(17)7-13(11)15(16)18/h3-4,7,10,14H,5-6,8-9H2,1-2H3/t10-,14-,16?/m0/s1. The van der Waals surface area contributed by atoms with Crippen LogP contribution in [-0.4, -0.2) is 19.0 Å². The highest BCUT2D eigenvalue weighted by molar-refractivity contribution is 9.10. The summed E-state index contributed by atoms with van der Waals surface area (Å²) in [4.78, 5) is 12.8. The monoisotopic (exact) mass is 322 g/mol. The molecule has 1 saturated carbocycles. The van der Waals surface area contributed by atoms with Crippen LogP contribution in [0.25, 0.3) is 0 Å². The third-order valence-corrected chi connectivity index (χ3v) is 5.38. The van der Waals surface area contributed by atoms with Crippen molar-refractivity contribution in [3.63, 3.8) is 0 Å². The molecule has 1 fully saturated rings. The summed E-state index contributed by atoms with van der Waals surface area (Å²) in [6.07, 6.45) is 4.14. The summed E-state index contributed by atoms with van der Waals surface area (Å²) in [5, 5.41) is 0. The Hall–Kier alpha value is -0.670. The highest BCUT2D eigenvalue weighted by Gasteiger charge is 2.49. The number of hydrogen-bond acceptors (Lipinski definition) is 2. The second-order valence-corrected chi connectivity index (χ2v) is 7.00. The van der Waals surface area contributed by atoms with Gasteiger partial charge < -0.3 is 4.74 Å². The van der Waals surface area contributed by atoms with Crippen LogP contribution in [0.4, 0.5) is 0 Å². The van der Waals surface area contributed by atoms with Crippen LogP contribution < -0.4 is 0 Å². The number of hydrogen-bond donors (Lipinski definition) is 0. The molecule has 2 aliphatic rings. The van der Waals surface area contributed by atoms with Gasteiger partial charge in [0, 0.05) is 22.6 Å². The topological polar surface area (TPSA) is 26.3 Å². The highest BCUT2D eigenvalue weighted by atomic mass is 79.9. The van der Waals surface area contributed by atoms with Gasteiger partial charge in [-0.1, -0.05) is 28.9 Å². The van der Waals surface area contributed by atoms with E-state index in [1.807, 2.05) is 12.1 Å². The van der Waals surface area contributed by atoms with E-state index in [0.29, 0.717) is 17.8 Å². The maximum Gasteiger partial charge on any atom is 0.169 e. The highest BCUT2D eigenvalue weighted by Crippen LogP contribution is 2.49. The first-order valence-corrected chi connectivity index (χ1v) is 7.71. The van der Waals surface area contributed by atoms with Gasteiger partial charge in [0.2, 0.25) is 0 Å². The Kier molecular flexibility index (Phi) is 3.30. The number of methoxy groups -OCH3 is 1. The minimum atomic E-state index is -0.155. The van der Waals surface area contributed by atoms with Gasteiger partial charge in [0.15, 0.2) is 5.78 Å². The average Bonchev–Trinajstić information content (AvgIpc) is 2.64. The molecule has 0 radical (unpaired) electrons. The zero-order valence-corrected chi connectivity index (χ0v) is 13.0. The molecule has 1 spiro atoms. The number of ketones is 1. The lowest BCUT2D eigenvalue weighted by Gasteiger charge is -2.39. The molecule has 19 heavy (non-hydrogen) atoms. The molecule has 1 aromatic carbocycles. The van der Waals surface area contributed by atoms with Crippen LogP contribution in [0.2, 0.25) is 0 Å². The van der Waals surface area contributed by atoms with Gasteiger partial charge in [-0.2, -0.15) is 0 Å². The molecule has 0 aliphatic heterocycles. The van der Waals surface area contributed by atoms with E-state index in [2.05, 4.69) is 28.9 Å². The first kappa shape index (κ1) is 13.3. The third kappa shape index (κ3) is 2.07. The molecule has 3 atom stereocenters. The summed E-state index contributed by atoms with van der Waals surface area (Å²) in [6.45, 7) is 2.21. The zero-order chi connectivity index (χ0) is 13.6. The van der Waals surface area contributed by atoms with Crippen molar-refractivity contribution in [1.82, 2.24) is 0 Å². The molecule has 2 aliphatic carbocycles. The minimum absolute atomic E-state index is 0.155. The number of halogens is 1. The quantitative estimate of drug-likeness (QED) is 0.780. The molecule has 2 nitrogen and oxygen atoms in total. The van der Waals surface area contributed by atoms with Crippen LogP contribution in [-0.2, 0) is 11.2 Å². The lowest BCUT2D eigenvalue weighted by Crippen LogP contribution is -2.40. The van der Waals surface area contributed by atoms with Crippen LogP contribution in [0.3, 0.4) is 0 Å². The number of Topliss-reactive ketones (excluding diaryl/α,β-unsaturated/α-hetero) is 1. The Morgan fingerprint density at radius 2 is 2.21 bits per heavy atom. The smallest absolute Gasteiger partial charge is 0.169 e. The summed E-state index contributed by atoms with van der Waals surface area (Å²) in [7, 11) is 1.78. The fraction of sp³-hybridized carbons (Fsp3) is 0.562. The van der Waals surface area contributed by atoms with Crippen LogP contribution in [0, 0.1) is 11.3 Å². The maximum atomic E-state index is 12.8. The molecule has 0 aromatic heterocycles. The normalized spacial score (nSPS) is 33.7. The Bertz CT molecular complexity index is 525. The molecule has 1 aromatic rings. The zero-order valence-electron chi connectivity index (χ0n) is 11.4. The van der Waals surface area contributed by atoms with Crippen molar-refractivity contribution in [1.29, 1.82) is 0 Å². The van der Waals surface area contributed by atoms with Gasteiger partial charge in [0.25, 0.3) is 0 Å². The fourth-order valence-electron chi connectivity index (χ4n) is 3.91. The molecular formula is C16H19BrO2. The second kappa shape index (κ2) is 4.71. The molecule has 3 rings (SSSR count). The van der Waals surface area contributed by atoms with E-state index in [4.69, 9.17) is 4.74 Å². The Balaban J connectivity index is 1.91. The van der Waals surface area contributed by atoms with Crippen LogP contribution in [0.15, 0.2) is 22.7 Å². The molecule has 0 heterocycles. The van der Waals surface area contributed by atoms with E-state index in [-0.39, 0.29) is 5.41 Å². The largest absolute Gasteiger partial charge is 0.381 e. The van der Waals surface area contributed by atoms with Gasteiger partial charge in [-0.25, -0.2) is 0 Å². The van der Waals surface area contributed by atoms with Crippen molar-refractivity contribution in [2.75, 3.05) is 7.11 Å². The number of ether oxygens (including phenoxy) is 1. The van der Waals surface area contributed by atoms with Crippen molar-refractivity contribution < 1.29 is 9.53 Å². The van der Waals surface area contributed by atoms with Crippen molar-refractivity contribution in [3.8, 4) is 0 Å². The molecule has 3 heteroatoms. The predicted molar refractivity (Wildman–Crippen MR) is 78.4 cm³/mol. The first-order chi connectivity index (χ1) is 9.05. The van der Waals surface area contributed by atoms with Gasteiger partial charge in [0.05, 0.1) is 6.10 Å². The van der Waals surface area contributed by atoms with Gasteiger partial charge in [-0.15, -0.1) is 0 Å². The number of carbonyl (C=O) groups excluding carboxylic acids is 1. The second-order valence-electron chi connectivity index (χ2n) is 6.08.